The van der Waals surface area contributed by atoms with Gasteiger partial charge in [-0.15, -0.1) is 0 Å². The molecule has 1 aromatic heterocycles. The van der Waals surface area contributed by atoms with Crippen LogP contribution in [-0.4, -0.2) is 48.2 Å². The first kappa shape index (κ1) is 24.7. The molecule has 0 saturated heterocycles. The molecular formula is C29H30N4O4. The van der Waals surface area contributed by atoms with Crippen LogP contribution in [0.15, 0.2) is 73.1 Å². The van der Waals surface area contributed by atoms with Crippen molar-refractivity contribution in [2.24, 2.45) is 0 Å². The lowest BCUT2D eigenvalue weighted by Crippen LogP contribution is -2.32. The number of hydrogen-bond donors (Lipinski definition) is 2. The second-order valence-electron chi connectivity index (χ2n) is 9.06. The molecule has 0 saturated carbocycles. The van der Waals surface area contributed by atoms with Crippen LogP contribution in [0.4, 0.5) is 5.69 Å². The third kappa shape index (κ3) is 5.71. The zero-order valence-electron chi connectivity index (χ0n) is 20.8. The Kier molecular flexibility index (Phi) is 7.58. The molecule has 0 radical (unpaired) electrons. The highest BCUT2D eigenvalue weighted by molar-refractivity contribution is 6.05. The van der Waals surface area contributed by atoms with Crippen molar-refractivity contribution >= 4 is 28.5 Å². The number of carbonyl (C=O) groups is 2. The number of anilines is 1. The van der Waals surface area contributed by atoms with Crippen LogP contribution in [0.1, 0.15) is 33.2 Å². The topological polar surface area (TPSA) is 94.5 Å². The van der Waals surface area contributed by atoms with Crippen molar-refractivity contribution in [1.82, 2.24) is 14.9 Å². The number of methoxy groups -OCH3 is 1. The summed E-state index contributed by atoms with van der Waals surface area (Å²) in [6, 6.07) is 21.8. The average Bonchev–Trinajstić information content (AvgIpc) is 3.34. The van der Waals surface area contributed by atoms with Crippen molar-refractivity contribution in [2.75, 3.05) is 32.2 Å². The molecule has 4 aromatic rings. The summed E-state index contributed by atoms with van der Waals surface area (Å²) in [5, 5.41) is 5.89. The third-order valence-corrected chi connectivity index (χ3v) is 6.55. The van der Waals surface area contributed by atoms with Crippen molar-refractivity contribution < 1.29 is 19.1 Å². The van der Waals surface area contributed by atoms with Crippen LogP contribution in [0.3, 0.4) is 0 Å². The van der Waals surface area contributed by atoms with E-state index in [1.165, 1.54) is 18.2 Å². The van der Waals surface area contributed by atoms with Gasteiger partial charge in [-0.1, -0.05) is 54.6 Å². The maximum absolute atomic E-state index is 13.2. The molecule has 0 bridgehead atoms. The van der Waals surface area contributed by atoms with E-state index in [4.69, 9.17) is 9.47 Å². The Morgan fingerprint density at radius 1 is 1.11 bits per heavy atom. The van der Waals surface area contributed by atoms with Gasteiger partial charge in [-0.2, -0.15) is 0 Å². The molecule has 37 heavy (non-hydrogen) atoms. The monoisotopic (exact) mass is 498 g/mol. The van der Waals surface area contributed by atoms with Gasteiger partial charge < -0.3 is 24.7 Å². The van der Waals surface area contributed by atoms with Crippen molar-refractivity contribution in [1.29, 1.82) is 0 Å². The summed E-state index contributed by atoms with van der Waals surface area (Å²) >= 11 is 0. The van der Waals surface area contributed by atoms with E-state index in [1.807, 2.05) is 41.0 Å². The first-order chi connectivity index (χ1) is 18.1. The van der Waals surface area contributed by atoms with E-state index in [-0.39, 0.29) is 24.5 Å². The number of nitrogens with zero attached hydrogens (tertiary/aromatic N) is 2. The maximum atomic E-state index is 13.2. The molecule has 1 aliphatic rings. The summed E-state index contributed by atoms with van der Waals surface area (Å²) in [5.41, 5.74) is 5.89. The van der Waals surface area contributed by atoms with Gasteiger partial charge in [0.05, 0.1) is 29.7 Å². The van der Waals surface area contributed by atoms with Gasteiger partial charge in [0.1, 0.15) is 12.7 Å². The van der Waals surface area contributed by atoms with E-state index in [2.05, 4.69) is 33.8 Å². The first-order valence-corrected chi connectivity index (χ1v) is 12.4. The third-order valence-electron chi connectivity index (χ3n) is 6.55. The summed E-state index contributed by atoms with van der Waals surface area (Å²) in [4.78, 5) is 30.1. The molecule has 1 atom stereocenters. The Hall–Kier alpha value is -4.01. The van der Waals surface area contributed by atoms with Crippen LogP contribution >= 0.6 is 0 Å². The number of aryl methyl sites for hydroxylation is 2. The SMILES string of the molecule is COCC(=O)Nc1cc(C(=O)NCC2OCCc3ccccc32)cc2ncn(CCc3ccccc3)c12. The normalized spacial score (nSPS) is 14.8. The Bertz CT molecular complexity index is 1400. The highest BCUT2D eigenvalue weighted by atomic mass is 16.5. The zero-order valence-corrected chi connectivity index (χ0v) is 20.8. The van der Waals surface area contributed by atoms with Gasteiger partial charge in [0.25, 0.3) is 5.91 Å². The van der Waals surface area contributed by atoms with Crippen LogP contribution in [0.25, 0.3) is 11.0 Å². The van der Waals surface area contributed by atoms with Crippen LogP contribution in [0.5, 0.6) is 0 Å². The molecule has 0 spiro atoms. The van der Waals surface area contributed by atoms with E-state index in [0.29, 0.717) is 36.5 Å². The van der Waals surface area contributed by atoms with E-state index >= 15 is 0 Å². The lowest BCUT2D eigenvalue weighted by atomic mass is 9.97. The number of aromatic nitrogens is 2. The minimum Gasteiger partial charge on any atom is -0.375 e. The Morgan fingerprint density at radius 3 is 2.76 bits per heavy atom. The standard InChI is InChI=1S/C29H30N4O4/c1-36-18-27(34)32-25-16-22(29(35)30-17-26-23-10-6-5-9-21(23)12-14-37-26)15-24-28(25)33(19-31-24)13-11-20-7-3-2-4-8-20/h2-10,15-16,19,26H,11-14,17-18H2,1H3,(H,30,35)(H,32,34). The fourth-order valence-corrected chi connectivity index (χ4v) is 4.75. The Labute approximate surface area is 215 Å². The molecule has 3 aromatic carbocycles. The molecule has 190 valence electrons. The molecule has 8 nitrogen and oxygen atoms in total. The number of imidazole rings is 1. The van der Waals surface area contributed by atoms with Crippen molar-refractivity contribution in [3.63, 3.8) is 0 Å². The molecule has 0 aliphatic carbocycles. The number of carbonyl (C=O) groups excluding carboxylic acids is 2. The van der Waals surface area contributed by atoms with Crippen molar-refractivity contribution in [3.8, 4) is 0 Å². The highest BCUT2D eigenvalue weighted by Crippen LogP contribution is 2.28. The lowest BCUT2D eigenvalue weighted by molar-refractivity contribution is -0.119. The van der Waals surface area contributed by atoms with Gasteiger partial charge >= 0.3 is 0 Å². The summed E-state index contributed by atoms with van der Waals surface area (Å²) in [6.07, 6.45) is 3.22. The molecule has 2 N–H and O–H groups in total. The second kappa shape index (κ2) is 11.4. The van der Waals surface area contributed by atoms with Crippen molar-refractivity contribution in [2.45, 2.75) is 25.5 Å². The largest absolute Gasteiger partial charge is 0.375 e. The molecule has 1 unspecified atom stereocenters. The number of fused-ring (bicyclic) bond motifs is 2. The number of nitrogens with one attached hydrogen (secondary N) is 2. The van der Waals surface area contributed by atoms with Gasteiger partial charge in [-0.05, 0) is 41.7 Å². The van der Waals surface area contributed by atoms with Crippen LogP contribution in [0, 0.1) is 0 Å². The Balaban J connectivity index is 1.38. The highest BCUT2D eigenvalue weighted by Gasteiger charge is 2.22. The predicted molar refractivity (Wildman–Crippen MR) is 142 cm³/mol. The minimum absolute atomic E-state index is 0.0888. The van der Waals surface area contributed by atoms with E-state index in [9.17, 15) is 9.59 Å². The molecule has 1 aliphatic heterocycles. The fraction of sp³-hybridized carbons (Fsp3) is 0.276. The summed E-state index contributed by atoms with van der Waals surface area (Å²) in [6.45, 7) is 1.57. The molecule has 0 fully saturated rings. The van der Waals surface area contributed by atoms with E-state index < -0.39 is 0 Å². The van der Waals surface area contributed by atoms with Gasteiger partial charge in [0.2, 0.25) is 5.91 Å². The minimum atomic E-state index is -0.301. The van der Waals surface area contributed by atoms with Gasteiger partial charge in [0, 0.05) is 25.8 Å². The summed E-state index contributed by atoms with van der Waals surface area (Å²) in [5.74, 6) is -0.556. The number of rotatable bonds is 9. The van der Waals surface area contributed by atoms with Crippen LogP contribution in [0.2, 0.25) is 0 Å². The molecule has 8 heteroatoms. The average molecular weight is 499 g/mol. The fourth-order valence-electron chi connectivity index (χ4n) is 4.75. The number of hydrogen-bond acceptors (Lipinski definition) is 5. The van der Waals surface area contributed by atoms with Gasteiger partial charge in [-0.3, -0.25) is 9.59 Å². The van der Waals surface area contributed by atoms with E-state index in [0.717, 1.165) is 23.9 Å². The molecule has 5 rings (SSSR count). The lowest BCUT2D eigenvalue weighted by Gasteiger charge is -2.26. The molecule has 2 amide bonds. The second-order valence-corrected chi connectivity index (χ2v) is 9.06. The molecule has 2 heterocycles. The summed E-state index contributed by atoms with van der Waals surface area (Å²) in [7, 11) is 1.47. The summed E-state index contributed by atoms with van der Waals surface area (Å²) < 4.78 is 12.9. The number of benzene rings is 3. The Morgan fingerprint density at radius 2 is 1.92 bits per heavy atom. The van der Waals surface area contributed by atoms with Crippen molar-refractivity contribution in [3.05, 3.63) is 95.3 Å². The van der Waals surface area contributed by atoms with E-state index in [1.54, 1.807) is 18.5 Å². The zero-order chi connectivity index (χ0) is 25.6. The first-order valence-electron chi connectivity index (χ1n) is 12.4. The van der Waals surface area contributed by atoms with Crippen LogP contribution in [-0.2, 0) is 33.7 Å². The quantitative estimate of drug-likeness (QED) is 0.365. The maximum Gasteiger partial charge on any atom is 0.251 e. The van der Waals surface area contributed by atoms with Gasteiger partial charge in [-0.25, -0.2) is 4.98 Å². The molecular weight excluding hydrogens is 468 g/mol. The predicted octanol–water partition coefficient (Wildman–Crippen LogP) is 3.91. The smallest absolute Gasteiger partial charge is 0.251 e. The number of ether oxygens (including phenoxy) is 2. The van der Waals surface area contributed by atoms with Gasteiger partial charge in [0.15, 0.2) is 0 Å². The number of amides is 2. The van der Waals surface area contributed by atoms with Crippen LogP contribution < -0.4 is 10.6 Å².